The van der Waals surface area contributed by atoms with Crippen LogP contribution in [0.5, 0.6) is 11.5 Å². The molecule has 0 atom stereocenters. The monoisotopic (exact) mass is 424 g/mol. The van der Waals surface area contributed by atoms with Crippen LogP contribution in [0.2, 0.25) is 0 Å². The molecule has 0 bridgehead atoms. The Hall–Kier alpha value is -3.02. The van der Waals surface area contributed by atoms with Crippen LogP contribution in [0.15, 0.2) is 36.4 Å². The number of nitrogens with one attached hydrogen (secondary N) is 1. The van der Waals surface area contributed by atoms with Crippen molar-refractivity contribution in [2.45, 2.75) is 45.6 Å². The first-order valence-corrected chi connectivity index (χ1v) is 10.8. The van der Waals surface area contributed by atoms with E-state index in [4.69, 9.17) is 9.47 Å². The van der Waals surface area contributed by atoms with Gasteiger partial charge in [-0.1, -0.05) is 12.1 Å². The van der Waals surface area contributed by atoms with Gasteiger partial charge in [-0.25, -0.2) is 0 Å². The minimum Gasteiger partial charge on any atom is -0.493 e. The Kier molecular flexibility index (Phi) is 7.55. The average Bonchev–Trinajstić information content (AvgIpc) is 2.79. The summed E-state index contributed by atoms with van der Waals surface area (Å²) in [6.45, 7) is 5.39. The van der Waals surface area contributed by atoms with Crippen molar-refractivity contribution in [3.63, 3.8) is 0 Å². The van der Waals surface area contributed by atoms with Gasteiger partial charge in [0.05, 0.1) is 14.2 Å². The zero-order valence-electron chi connectivity index (χ0n) is 18.9. The number of methoxy groups -OCH3 is 2. The van der Waals surface area contributed by atoms with Crippen LogP contribution >= 0.6 is 0 Å². The van der Waals surface area contributed by atoms with Crippen LogP contribution in [0.1, 0.15) is 46.3 Å². The van der Waals surface area contributed by atoms with E-state index in [9.17, 15) is 9.59 Å². The number of hydrogen-bond donors (Lipinski definition) is 1. The van der Waals surface area contributed by atoms with Crippen LogP contribution < -0.4 is 14.8 Å². The number of hydrogen-bond acceptors (Lipinski definition) is 4. The average molecular weight is 425 g/mol. The molecule has 31 heavy (non-hydrogen) atoms. The third kappa shape index (κ3) is 5.78. The molecule has 6 heteroatoms. The number of carbonyl (C=O) groups is 2. The molecule has 2 amide bonds. The van der Waals surface area contributed by atoms with Gasteiger partial charge in [0.2, 0.25) is 5.91 Å². The van der Waals surface area contributed by atoms with Gasteiger partial charge in [-0.3, -0.25) is 9.59 Å². The van der Waals surface area contributed by atoms with E-state index in [1.54, 1.807) is 14.2 Å². The van der Waals surface area contributed by atoms with Gasteiger partial charge in [0, 0.05) is 31.1 Å². The summed E-state index contributed by atoms with van der Waals surface area (Å²) in [6.07, 6.45) is 2.60. The molecule has 1 heterocycles. The lowest BCUT2D eigenvalue weighted by molar-refractivity contribution is -0.122. The second-order valence-corrected chi connectivity index (χ2v) is 8.12. The fourth-order valence-corrected chi connectivity index (χ4v) is 3.88. The molecule has 1 saturated heterocycles. The maximum atomic E-state index is 12.8. The molecule has 0 aromatic heterocycles. The van der Waals surface area contributed by atoms with Gasteiger partial charge in [0.25, 0.3) is 5.91 Å². The molecule has 166 valence electrons. The lowest BCUT2D eigenvalue weighted by Crippen LogP contribution is -2.46. The van der Waals surface area contributed by atoms with E-state index >= 15 is 0 Å². The highest BCUT2D eigenvalue weighted by molar-refractivity contribution is 5.94. The molecule has 2 aromatic rings. The predicted molar refractivity (Wildman–Crippen MR) is 121 cm³/mol. The lowest BCUT2D eigenvalue weighted by atomic mass is 10.0. The highest BCUT2D eigenvalue weighted by Crippen LogP contribution is 2.28. The molecule has 0 radical (unpaired) electrons. The van der Waals surface area contributed by atoms with Crippen molar-refractivity contribution in [2.75, 3.05) is 27.3 Å². The van der Waals surface area contributed by atoms with Crippen molar-refractivity contribution >= 4 is 11.8 Å². The summed E-state index contributed by atoms with van der Waals surface area (Å²) >= 11 is 0. The smallest absolute Gasteiger partial charge is 0.253 e. The van der Waals surface area contributed by atoms with Gasteiger partial charge in [0.1, 0.15) is 0 Å². The highest BCUT2D eigenvalue weighted by atomic mass is 16.5. The van der Waals surface area contributed by atoms with E-state index in [0.717, 1.165) is 29.5 Å². The van der Waals surface area contributed by atoms with Gasteiger partial charge < -0.3 is 19.7 Å². The van der Waals surface area contributed by atoms with E-state index in [0.29, 0.717) is 37.4 Å². The largest absolute Gasteiger partial charge is 0.493 e. The Labute approximate surface area is 184 Å². The Morgan fingerprint density at radius 3 is 2.32 bits per heavy atom. The number of amides is 2. The van der Waals surface area contributed by atoms with Gasteiger partial charge in [-0.15, -0.1) is 0 Å². The Balaban J connectivity index is 1.45. The molecule has 1 aliphatic rings. The number of piperidine rings is 1. The molecule has 2 aromatic carbocycles. The third-order valence-corrected chi connectivity index (χ3v) is 5.99. The Bertz CT molecular complexity index is 933. The zero-order valence-corrected chi connectivity index (χ0v) is 18.9. The Morgan fingerprint density at radius 2 is 1.68 bits per heavy atom. The molecule has 6 nitrogen and oxygen atoms in total. The lowest BCUT2D eigenvalue weighted by Gasteiger charge is -2.32. The summed E-state index contributed by atoms with van der Waals surface area (Å²) in [4.78, 5) is 27.1. The van der Waals surface area contributed by atoms with Crippen molar-refractivity contribution in [1.82, 2.24) is 10.2 Å². The minimum atomic E-state index is 0.0359. The topological polar surface area (TPSA) is 67.9 Å². The van der Waals surface area contributed by atoms with Crippen molar-refractivity contribution in [1.29, 1.82) is 0 Å². The molecule has 3 rings (SSSR count). The molecular formula is C25H32N2O4. The van der Waals surface area contributed by atoms with Crippen molar-refractivity contribution in [3.8, 4) is 11.5 Å². The number of ether oxygens (including phenoxy) is 2. The first-order chi connectivity index (χ1) is 14.9. The van der Waals surface area contributed by atoms with Gasteiger partial charge in [0.15, 0.2) is 11.5 Å². The van der Waals surface area contributed by atoms with Crippen LogP contribution in [0.25, 0.3) is 0 Å². The fraction of sp³-hybridized carbons (Fsp3) is 0.440. The fourth-order valence-electron chi connectivity index (χ4n) is 3.88. The van der Waals surface area contributed by atoms with Crippen LogP contribution in [0.3, 0.4) is 0 Å². The first-order valence-electron chi connectivity index (χ1n) is 10.8. The second-order valence-electron chi connectivity index (χ2n) is 8.12. The van der Waals surface area contributed by atoms with E-state index in [2.05, 4.69) is 5.32 Å². The maximum absolute atomic E-state index is 12.8. The maximum Gasteiger partial charge on any atom is 0.253 e. The van der Waals surface area contributed by atoms with E-state index in [1.807, 2.05) is 55.1 Å². The predicted octanol–water partition coefficient (Wildman–Crippen LogP) is 3.67. The summed E-state index contributed by atoms with van der Waals surface area (Å²) in [6, 6.07) is 11.7. The van der Waals surface area contributed by atoms with Crippen molar-refractivity contribution in [3.05, 3.63) is 58.7 Å². The van der Waals surface area contributed by atoms with Gasteiger partial charge >= 0.3 is 0 Å². The molecular weight excluding hydrogens is 392 g/mol. The summed E-state index contributed by atoms with van der Waals surface area (Å²) < 4.78 is 10.6. The number of aryl methyl sites for hydroxylation is 3. The summed E-state index contributed by atoms with van der Waals surface area (Å²) in [5.41, 5.74) is 4.08. The van der Waals surface area contributed by atoms with E-state index < -0.39 is 0 Å². The standard InChI is InChI=1S/C25H32N2O4/c1-17-5-8-20(15-18(17)2)25(29)27-13-11-21(12-14-27)26-24(28)10-7-19-6-9-22(30-3)23(16-19)31-4/h5-6,8-9,15-16,21H,7,10-14H2,1-4H3,(H,26,28). The van der Waals surface area contributed by atoms with Crippen molar-refractivity contribution < 1.29 is 19.1 Å². The van der Waals surface area contributed by atoms with Crippen LogP contribution in [-0.4, -0.2) is 50.1 Å². The SMILES string of the molecule is COc1ccc(CCC(=O)NC2CCN(C(=O)c3ccc(C)c(C)c3)CC2)cc1OC. The quantitative estimate of drug-likeness (QED) is 0.736. The normalized spacial score (nSPS) is 14.3. The summed E-state index contributed by atoms with van der Waals surface area (Å²) in [7, 11) is 3.21. The zero-order chi connectivity index (χ0) is 22.4. The number of benzene rings is 2. The van der Waals surface area contributed by atoms with Crippen LogP contribution in [0.4, 0.5) is 0 Å². The van der Waals surface area contributed by atoms with Gasteiger partial charge in [-0.05, 0) is 74.1 Å². The molecule has 1 fully saturated rings. The molecule has 1 aliphatic heterocycles. The number of rotatable bonds is 7. The number of carbonyl (C=O) groups excluding carboxylic acids is 2. The molecule has 0 saturated carbocycles. The Morgan fingerprint density at radius 1 is 0.968 bits per heavy atom. The number of nitrogens with zero attached hydrogens (tertiary/aromatic N) is 1. The van der Waals surface area contributed by atoms with Crippen LogP contribution in [0, 0.1) is 13.8 Å². The first kappa shape index (κ1) is 22.7. The van der Waals surface area contributed by atoms with E-state index in [-0.39, 0.29) is 17.9 Å². The molecule has 0 aliphatic carbocycles. The summed E-state index contributed by atoms with van der Waals surface area (Å²) in [5.74, 6) is 1.45. The number of likely N-dealkylation sites (tertiary alicyclic amines) is 1. The molecule has 0 unspecified atom stereocenters. The van der Waals surface area contributed by atoms with Gasteiger partial charge in [-0.2, -0.15) is 0 Å². The minimum absolute atomic E-state index is 0.0359. The molecule has 1 N–H and O–H groups in total. The van der Waals surface area contributed by atoms with Crippen LogP contribution in [-0.2, 0) is 11.2 Å². The second kappa shape index (κ2) is 10.3. The highest BCUT2D eigenvalue weighted by Gasteiger charge is 2.24. The molecule has 0 spiro atoms. The van der Waals surface area contributed by atoms with Crippen molar-refractivity contribution in [2.24, 2.45) is 0 Å². The summed E-state index contributed by atoms with van der Waals surface area (Å²) in [5, 5.41) is 3.12. The third-order valence-electron chi connectivity index (χ3n) is 5.99. The van der Waals surface area contributed by atoms with E-state index in [1.165, 1.54) is 5.56 Å².